The predicted molar refractivity (Wildman–Crippen MR) is 64.4 cm³/mol. The number of likely N-dealkylation sites (N-methyl/N-ethyl adjacent to an activating group) is 1. The molecule has 0 unspecified atom stereocenters. The Bertz CT molecular complexity index is 332. The van der Waals surface area contributed by atoms with Crippen molar-refractivity contribution in [3.63, 3.8) is 0 Å². The van der Waals surface area contributed by atoms with Gasteiger partial charge < -0.3 is 4.74 Å². The van der Waals surface area contributed by atoms with Gasteiger partial charge in [-0.05, 0) is 26.0 Å². The zero-order chi connectivity index (χ0) is 12.0. The normalized spacial score (nSPS) is 10.5. The minimum atomic E-state index is -0.189. The summed E-state index contributed by atoms with van der Waals surface area (Å²) in [6.07, 6.45) is 0.952. The third-order valence-corrected chi connectivity index (χ3v) is 2.53. The van der Waals surface area contributed by atoms with Crippen LogP contribution in [0.4, 0.5) is 0 Å². The number of carbonyl (C=O) groups excluding carboxylic acids is 1. The molecule has 0 aliphatic heterocycles. The Morgan fingerprint density at radius 2 is 1.94 bits per heavy atom. The van der Waals surface area contributed by atoms with Crippen LogP contribution in [0.2, 0.25) is 0 Å². The first kappa shape index (κ1) is 12.7. The molecule has 1 aromatic rings. The lowest BCUT2D eigenvalue weighted by molar-refractivity contribution is -0.141. The molecule has 0 aromatic heterocycles. The number of methoxy groups -OCH3 is 1. The van der Waals surface area contributed by atoms with E-state index in [0.29, 0.717) is 6.54 Å². The van der Waals surface area contributed by atoms with Crippen LogP contribution in [0.5, 0.6) is 0 Å². The molecule has 3 heteroatoms. The van der Waals surface area contributed by atoms with Crippen molar-refractivity contribution in [1.82, 2.24) is 4.90 Å². The van der Waals surface area contributed by atoms with E-state index in [4.69, 9.17) is 0 Å². The van der Waals surface area contributed by atoms with E-state index in [0.717, 1.165) is 13.0 Å². The smallest absolute Gasteiger partial charge is 0.319 e. The average molecular weight is 221 g/mol. The zero-order valence-corrected chi connectivity index (χ0v) is 10.2. The van der Waals surface area contributed by atoms with Gasteiger partial charge in [0.25, 0.3) is 0 Å². The van der Waals surface area contributed by atoms with Crippen molar-refractivity contribution in [1.29, 1.82) is 0 Å². The number of nitrogens with zero attached hydrogens (tertiary/aromatic N) is 1. The van der Waals surface area contributed by atoms with E-state index in [1.807, 2.05) is 11.9 Å². The van der Waals surface area contributed by atoms with Gasteiger partial charge in [0.15, 0.2) is 0 Å². The molecule has 0 aliphatic carbocycles. The minimum absolute atomic E-state index is 0.189. The van der Waals surface area contributed by atoms with Crippen LogP contribution >= 0.6 is 0 Å². The molecule has 0 fully saturated rings. The first-order valence-electron chi connectivity index (χ1n) is 5.42. The van der Waals surface area contributed by atoms with Gasteiger partial charge in [-0.1, -0.05) is 29.8 Å². The van der Waals surface area contributed by atoms with Crippen LogP contribution in [-0.2, 0) is 16.0 Å². The van der Waals surface area contributed by atoms with E-state index in [2.05, 4.69) is 35.9 Å². The van der Waals surface area contributed by atoms with Gasteiger partial charge in [0.2, 0.25) is 0 Å². The van der Waals surface area contributed by atoms with Gasteiger partial charge in [-0.2, -0.15) is 0 Å². The standard InChI is InChI=1S/C13H19NO2/c1-11-4-6-12(7-5-11)8-9-14(2)10-13(15)16-3/h4-7H,8-10H2,1-3H3. The highest BCUT2D eigenvalue weighted by molar-refractivity contribution is 5.71. The summed E-state index contributed by atoms with van der Waals surface area (Å²) in [6.45, 7) is 3.29. The lowest BCUT2D eigenvalue weighted by Gasteiger charge is -2.14. The number of benzene rings is 1. The van der Waals surface area contributed by atoms with Gasteiger partial charge in [-0.25, -0.2) is 0 Å². The molecule has 0 spiro atoms. The second-order valence-electron chi connectivity index (χ2n) is 4.05. The molecule has 88 valence electrons. The number of hydrogen-bond donors (Lipinski definition) is 0. The molecule has 1 rings (SSSR count). The lowest BCUT2D eigenvalue weighted by atomic mass is 10.1. The Morgan fingerprint density at radius 1 is 1.31 bits per heavy atom. The van der Waals surface area contributed by atoms with Crippen molar-refractivity contribution in [2.75, 3.05) is 27.2 Å². The highest BCUT2D eigenvalue weighted by Crippen LogP contribution is 2.04. The van der Waals surface area contributed by atoms with E-state index in [-0.39, 0.29) is 5.97 Å². The van der Waals surface area contributed by atoms with Crippen molar-refractivity contribution < 1.29 is 9.53 Å². The summed E-state index contributed by atoms with van der Waals surface area (Å²) in [6, 6.07) is 8.47. The fourth-order valence-corrected chi connectivity index (χ4v) is 1.44. The quantitative estimate of drug-likeness (QED) is 0.708. The maximum atomic E-state index is 11.0. The van der Waals surface area contributed by atoms with E-state index < -0.39 is 0 Å². The third-order valence-electron chi connectivity index (χ3n) is 2.53. The van der Waals surface area contributed by atoms with Crippen molar-refractivity contribution in [2.45, 2.75) is 13.3 Å². The summed E-state index contributed by atoms with van der Waals surface area (Å²) in [4.78, 5) is 13.0. The topological polar surface area (TPSA) is 29.5 Å². The predicted octanol–water partition coefficient (Wildman–Crippen LogP) is 1.64. The molecular weight excluding hydrogens is 202 g/mol. The lowest BCUT2D eigenvalue weighted by Crippen LogP contribution is -2.28. The van der Waals surface area contributed by atoms with Crippen LogP contribution in [0.15, 0.2) is 24.3 Å². The molecule has 0 aliphatic rings. The zero-order valence-electron chi connectivity index (χ0n) is 10.2. The van der Waals surface area contributed by atoms with Gasteiger partial charge in [-0.15, -0.1) is 0 Å². The van der Waals surface area contributed by atoms with E-state index >= 15 is 0 Å². The molecule has 0 bridgehead atoms. The SMILES string of the molecule is COC(=O)CN(C)CCc1ccc(C)cc1. The number of hydrogen-bond acceptors (Lipinski definition) is 3. The van der Waals surface area contributed by atoms with E-state index in [1.54, 1.807) is 0 Å². The van der Waals surface area contributed by atoms with Crippen LogP contribution < -0.4 is 0 Å². The van der Waals surface area contributed by atoms with E-state index in [9.17, 15) is 4.79 Å². The Labute approximate surface area is 97.0 Å². The summed E-state index contributed by atoms with van der Waals surface area (Å²) >= 11 is 0. The van der Waals surface area contributed by atoms with Gasteiger partial charge in [-0.3, -0.25) is 9.69 Å². The van der Waals surface area contributed by atoms with Gasteiger partial charge in [0.05, 0.1) is 13.7 Å². The fraction of sp³-hybridized carbons (Fsp3) is 0.462. The minimum Gasteiger partial charge on any atom is -0.468 e. The first-order valence-corrected chi connectivity index (χ1v) is 5.42. The number of rotatable bonds is 5. The Hall–Kier alpha value is -1.35. The van der Waals surface area contributed by atoms with Crippen molar-refractivity contribution in [3.05, 3.63) is 35.4 Å². The molecule has 16 heavy (non-hydrogen) atoms. The number of carbonyl (C=O) groups is 1. The largest absolute Gasteiger partial charge is 0.468 e. The summed E-state index contributed by atoms with van der Waals surface area (Å²) in [5.74, 6) is -0.189. The summed E-state index contributed by atoms with van der Waals surface area (Å²) < 4.78 is 4.61. The number of aryl methyl sites for hydroxylation is 1. The Morgan fingerprint density at radius 3 is 2.50 bits per heavy atom. The van der Waals surface area contributed by atoms with E-state index in [1.165, 1.54) is 18.2 Å². The van der Waals surface area contributed by atoms with Crippen molar-refractivity contribution >= 4 is 5.97 Å². The molecule has 0 N–H and O–H groups in total. The average Bonchev–Trinajstić information content (AvgIpc) is 2.28. The van der Waals surface area contributed by atoms with Gasteiger partial charge in [0, 0.05) is 6.54 Å². The van der Waals surface area contributed by atoms with Crippen molar-refractivity contribution in [2.24, 2.45) is 0 Å². The summed E-state index contributed by atoms with van der Waals surface area (Å²) in [5.41, 5.74) is 2.56. The molecule has 1 aromatic carbocycles. The molecular formula is C13H19NO2. The van der Waals surface area contributed by atoms with Gasteiger partial charge in [0.1, 0.15) is 0 Å². The molecule has 0 radical (unpaired) electrons. The molecule has 0 saturated carbocycles. The molecule has 0 amide bonds. The van der Waals surface area contributed by atoms with Crippen LogP contribution in [0.25, 0.3) is 0 Å². The third kappa shape index (κ3) is 4.45. The molecule has 0 atom stereocenters. The highest BCUT2D eigenvalue weighted by Gasteiger charge is 2.05. The monoisotopic (exact) mass is 221 g/mol. The van der Waals surface area contributed by atoms with Crippen LogP contribution in [0.1, 0.15) is 11.1 Å². The second kappa shape index (κ2) is 6.28. The Balaban J connectivity index is 2.34. The number of ether oxygens (including phenoxy) is 1. The summed E-state index contributed by atoms with van der Waals surface area (Å²) in [5, 5.41) is 0. The molecule has 3 nitrogen and oxygen atoms in total. The summed E-state index contributed by atoms with van der Waals surface area (Å²) in [7, 11) is 3.33. The molecule has 0 saturated heterocycles. The fourth-order valence-electron chi connectivity index (χ4n) is 1.44. The highest BCUT2D eigenvalue weighted by atomic mass is 16.5. The van der Waals surface area contributed by atoms with Crippen molar-refractivity contribution in [3.8, 4) is 0 Å². The maximum Gasteiger partial charge on any atom is 0.319 e. The second-order valence-corrected chi connectivity index (χ2v) is 4.05. The van der Waals surface area contributed by atoms with Crippen LogP contribution in [-0.4, -0.2) is 38.1 Å². The maximum absolute atomic E-state index is 11.0. The van der Waals surface area contributed by atoms with Crippen LogP contribution in [0.3, 0.4) is 0 Å². The Kier molecular flexibility index (Phi) is 4.99. The van der Waals surface area contributed by atoms with Crippen LogP contribution in [0, 0.1) is 6.92 Å². The van der Waals surface area contributed by atoms with Gasteiger partial charge >= 0.3 is 5.97 Å². The molecule has 0 heterocycles. The first-order chi connectivity index (χ1) is 7.61. The number of esters is 1.